The Kier molecular flexibility index (Phi) is 5.04. The number of nitrogen functional groups attached to an aromatic ring is 1. The van der Waals surface area contributed by atoms with Crippen molar-refractivity contribution in [2.45, 2.75) is 38.4 Å². The number of aliphatic hydroxyl groups excluding tert-OH is 2. The standard InChI is InChI=1S/C15H23N5O5/c1-7(2)4-24-5-8-10(21)11(22)14(25-8)20-6-17-9-12(20)18-15(16)19-13(9)23-3/h6-8,10-11,14,21-22H,4-5H2,1-3H3,(H2,16,18,19)/t8-,10-,11+,14?/m1/s1. The predicted octanol–water partition coefficient (Wildman–Crippen LogP) is -0.291. The first-order chi connectivity index (χ1) is 11.9. The zero-order valence-corrected chi connectivity index (χ0v) is 14.4. The minimum Gasteiger partial charge on any atom is -0.479 e. The molecular weight excluding hydrogens is 330 g/mol. The summed E-state index contributed by atoms with van der Waals surface area (Å²) in [5.41, 5.74) is 6.44. The molecule has 25 heavy (non-hydrogen) atoms. The van der Waals surface area contributed by atoms with Gasteiger partial charge in [-0.25, -0.2) is 4.98 Å². The van der Waals surface area contributed by atoms with Gasteiger partial charge in [0.05, 0.1) is 20.0 Å². The summed E-state index contributed by atoms with van der Waals surface area (Å²) in [4.78, 5) is 12.3. The molecule has 10 nitrogen and oxygen atoms in total. The highest BCUT2D eigenvalue weighted by Crippen LogP contribution is 2.33. The molecule has 4 N–H and O–H groups in total. The smallest absolute Gasteiger partial charge is 0.246 e. The van der Waals surface area contributed by atoms with Crippen molar-refractivity contribution in [2.24, 2.45) is 5.92 Å². The van der Waals surface area contributed by atoms with E-state index >= 15 is 0 Å². The summed E-state index contributed by atoms with van der Waals surface area (Å²) in [7, 11) is 1.45. The molecule has 1 fully saturated rings. The van der Waals surface area contributed by atoms with Crippen LogP contribution in [0.3, 0.4) is 0 Å². The third-order valence-electron chi connectivity index (χ3n) is 3.94. The number of hydrogen-bond donors (Lipinski definition) is 3. The lowest BCUT2D eigenvalue weighted by Crippen LogP contribution is -2.34. The van der Waals surface area contributed by atoms with Crippen LogP contribution in [0.2, 0.25) is 0 Å². The fourth-order valence-corrected chi connectivity index (χ4v) is 2.75. The zero-order valence-electron chi connectivity index (χ0n) is 14.4. The Bertz CT molecular complexity index is 736. The van der Waals surface area contributed by atoms with Gasteiger partial charge in [-0.3, -0.25) is 4.57 Å². The third kappa shape index (κ3) is 3.38. The number of ether oxygens (including phenoxy) is 3. The van der Waals surface area contributed by atoms with Gasteiger partial charge in [0.25, 0.3) is 0 Å². The van der Waals surface area contributed by atoms with Crippen LogP contribution < -0.4 is 10.5 Å². The molecule has 3 heterocycles. The van der Waals surface area contributed by atoms with E-state index in [9.17, 15) is 10.2 Å². The molecule has 10 heteroatoms. The van der Waals surface area contributed by atoms with E-state index in [1.54, 1.807) is 0 Å². The van der Waals surface area contributed by atoms with Crippen molar-refractivity contribution in [3.63, 3.8) is 0 Å². The maximum atomic E-state index is 10.4. The second-order valence-electron chi connectivity index (χ2n) is 6.39. The van der Waals surface area contributed by atoms with Gasteiger partial charge in [0.15, 0.2) is 17.4 Å². The molecule has 0 spiro atoms. The van der Waals surface area contributed by atoms with Crippen molar-refractivity contribution in [3.05, 3.63) is 6.33 Å². The van der Waals surface area contributed by atoms with Gasteiger partial charge < -0.3 is 30.2 Å². The summed E-state index contributed by atoms with van der Waals surface area (Å²) in [6, 6.07) is 0. The molecule has 3 rings (SSSR count). The Balaban J connectivity index is 1.84. The molecule has 0 aromatic carbocycles. The lowest BCUT2D eigenvalue weighted by molar-refractivity contribution is -0.0682. The maximum Gasteiger partial charge on any atom is 0.246 e. The lowest BCUT2D eigenvalue weighted by Gasteiger charge is -2.16. The molecule has 1 aliphatic rings. The topological polar surface area (TPSA) is 138 Å². The SMILES string of the molecule is COc1nc(N)nc2c1ncn2C1O[C@H](COCC(C)C)[C@@H](O)[C@@H]1O. The van der Waals surface area contributed by atoms with Gasteiger partial charge >= 0.3 is 0 Å². The lowest BCUT2D eigenvalue weighted by atomic mass is 10.1. The summed E-state index contributed by atoms with van der Waals surface area (Å²) < 4.78 is 18.0. The maximum absolute atomic E-state index is 10.4. The predicted molar refractivity (Wildman–Crippen MR) is 87.9 cm³/mol. The molecule has 0 saturated carbocycles. The molecule has 2 aromatic heterocycles. The Morgan fingerprint density at radius 2 is 2.08 bits per heavy atom. The van der Waals surface area contributed by atoms with Crippen molar-refractivity contribution in [2.75, 3.05) is 26.1 Å². The number of rotatable bonds is 6. The van der Waals surface area contributed by atoms with Gasteiger partial charge in [-0.1, -0.05) is 13.8 Å². The molecule has 0 radical (unpaired) electrons. The van der Waals surface area contributed by atoms with Crippen LogP contribution in [0.15, 0.2) is 6.33 Å². The van der Waals surface area contributed by atoms with E-state index < -0.39 is 24.5 Å². The Morgan fingerprint density at radius 3 is 2.76 bits per heavy atom. The Labute approximate surface area is 144 Å². The number of nitrogens with two attached hydrogens (primary N) is 1. The highest BCUT2D eigenvalue weighted by atomic mass is 16.6. The minimum absolute atomic E-state index is 0.0101. The van der Waals surface area contributed by atoms with Crippen LogP contribution in [0.5, 0.6) is 5.88 Å². The van der Waals surface area contributed by atoms with Crippen LogP contribution in [-0.4, -0.2) is 68.4 Å². The number of fused-ring (bicyclic) bond motifs is 1. The number of hydrogen-bond acceptors (Lipinski definition) is 9. The molecular formula is C15H23N5O5. The molecule has 0 amide bonds. The van der Waals surface area contributed by atoms with E-state index in [0.29, 0.717) is 23.7 Å². The molecule has 2 aromatic rings. The molecule has 4 atom stereocenters. The second-order valence-corrected chi connectivity index (χ2v) is 6.39. The van der Waals surface area contributed by atoms with E-state index in [2.05, 4.69) is 15.0 Å². The average molecular weight is 353 g/mol. The first-order valence-corrected chi connectivity index (χ1v) is 8.05. The summed E-state index contributed by atoms with van der Waals surface area (Å²) >= 11 is 0. The number of methoxy groups -OCH3 is 1. The minimum atomic E-state index is -1.16. The van der Waals surface area contributed by atoms with E-state index in [1.807, 2.05) is 13.8 Å². The molecule has 0 bridgehead atoms. The van der Waals surface area contributed by atoms with Gasteiger partial charge in [-0.05, 0) is 5.92 Å². The number of aromatic nitrogens is 4. The molecule has 1 saturated heterocycles. The number of imidazole rings is 1. The summed E-state index contributed by atoms with van der Waals surface area (Å²) in [6.07, 6.45) is -2.33. The van der Waals surface area contributed by atoms with Gasteiger partial charge in [0.2, 0.25) is 11.8 Å². The molecule has 138 valence electrons. The molecule has 1 aliphatic heterocycles. The van der Waals surface area contributed by atoms with Crippen molar-refractivity contribution in [3.8, 4) is 5.88 Å². The quantitative estimate of drug-likeness (QED) is 0.639. The van der Waals surface area contributed by atoms with Crippen LogP contribution in [0, 0.1) is 5.92 Å². The van der Waals surface area contributed by atoms with Crippen molar-refractivity contribution < 1.29 is 24.4 Å². The van der Waals surface area contributed by atoms with Gasteiger partial charge in [0, 0.05) is 6.61 Å². The monoisotopic (exact) mass is 353 g/mol. The van der Waals surface area contributed by atoms with Crippen molar-refractivity contribution >= 4 is 17.1 Å². The fourth-order valence-electron chi connectivity index (χ4n) is 2.75. The van der Waals surface area contributed by atoms with Crippen LogP contribution in [0.25, 0.3) is 11.2 Å². The largest absolute Gasteiger partial charge is 0.479 e. The fraction of sp³-hybridized carbons (Fsp3) is 0.667. The van der Waals surface area contributed by atoms with Gasteiger partial charge in [-0.15, -0.1) is 0 Å². The van der Waals surface area contributed by atoms with Crippen LogP contribution in [-0.2, 0) is 9.47 Å². The van der Waals surface area contributed by atoms with E-state index in [4.69, 9.17) is 19.9 Å². The second kappa shape index (κ2) is 7.08. The Hall–Kier alpha value is -2.01. The zero-order chi connectivity index (χ0) is 18.1. The van der Waals surface area contributed by atoms with Crippen LogP contribution in [0.1, 0.15) is 20.1 Å². The number of nitrogens with zero attached hydrogens (tertiary/aromatic N) is 4. The highest BCUT2D eigenvalue weighted by molar-refractivity contribution is 5.77. The number of aliphatic hydroxyl groups is 2. The number of anilines is 1. The van der Waals surface area contributed by atoms with Crippen LogP contribution >= 0.6 is 0 Å². The van der Waals surface area contributed by atoms with Gasteiger partial charge in [-0.2, -0.15) is 9.97 Å². The van der Waals surface area contributed by atoms with Crippen molar-refractivity contribution in [1.82, 2.24) is 19.5 Å². The molecule has 1 unspecified atom stereocenters. The first-order valence-electron chi connectivity index (χ1n) is 8.05. The normalized spacial score (nSPS) is 26.6. The average Bonchev–Trinajstić information content (AvgIpc) is 3.09. The summed E-state index contributed by atoms with van der Waals surface area (Å²) in [6.45, 7) is 4.78. The third-order valence-corrected chi connectivity index (χ3v) is 3.94. The Morgan fingerprint density at radius 1 is 1.32 bits per heavy atom. The van der Waals surface area contributed by atoms with E-state index in [0.717, 1.165) is 0 Å². The van der Waals surface area contributed by atoms with E-state index in [1.165, 1.54) is 18.0 Å². The van der Waals surface area contributed by atoms with Crippen molar-refractivity contribution in [1.29, 1.82) is 0 Å². The molecule has 0 aliphatic carbocycles. The first kappa shape index (κ1) is 17.8. The van der Waals surface area contributed by atoms with E-state index in [-0.39, 0.29) is 18.4 Å². The highest BCUT2D eigenvalue weighted by Gasteiger charge is 2.44. The van der Waals surface area contributed by atoms with Crippen LogP contribution in [0.4, 0.5) is 5.95 Å². The van der Waals surface area contributed by atoms with Gasteiger partial charge in [0.1, 0.15) is 18.3 Å². The summed E-state index contributed by atoms with van der Waals surface area (Å²) in [5.74, 6) is 0.603. The summed E-state index contributed by atoms with van der Waals surface area (Å²) in [5, 5.41) is 20.6.